The van der Waals surface area contributed by atoms with Crippen molar-refractivity contribution < 1.29 is 9.90 Å². The molecule has 0 aliphatic carbocycles. The van der Waals surface area contributed by atoms with Gasteiger partial charge in [-0.05, 0) is 12.1 Å². The van der Waals surface area contributed by atoms with Gasteiger partial charge in [0.2, 0.25) is 0 Å². The number of imidazole rings is 1. The van der Waals surface area contributed by atoms with Crippen LogP contribution in [0.1, 0.15) is 5.82 Å². The van der Waals surface area contributed by atoms with E-state index < -0.39 is 6.09 Å². The molecule has 6 nitrogen and oxygen atoms in total. The van der Waals surface area contributed by atoms with Crippen molar-refractivity contribution in [2.45, 2.75) is 6.54 Å². The third-order valence-corrected chi connectivity index (χ3v) is 2.01. The first kappa shape index (κ1) is 10.2. The Morgan fingerprint density at radius 3 is 3.06 bits per heavy atom. The molecule has 0 bridgehead atoms. The maximum Gasteiger partial charge on any atom is 0.405 e. The van der Waals surface area contributed by atoms with Crippen LogP contribution < -0.4 is 5.32 Å². The van der Waals surface area contributed by atoms with Gasteiger partial charge in [0.25, 0.3) is 0 Å². The summed E-state index contributed by atoms with van der Waals surface area (Å²) in [5.74, 6) is 0.571. The molecule has 82 valence electrons. The number of aromatic amines is 1. The summed E-state index contributed by atoms with van der Waals surface area (Å²) >= 11 is 0. The summed E-state index contributed by atoms with van der Waals surface area (Å²) in [4.78, 5) is 21.3. The van der Waals surface area contributed by atoms with Gasteiger partial charge in [-0.1, -0.05) is 0 Å². The Bertz CT molecular complexity index is 481. The van der Waals surface area contributed by atoms with Gasteiger partial charge in [-0.2, -0.15) is 0 Å². The molecule has 6 heteroatoms. The molecule has 2 aromatic rings. The third kappa shape index (κ3) is 2.35. The van der Waals surface area contributed by atoms with Gasteiger partial charge >= 0.3 is 6.09 Å². The number of hydrogen-bond donors (Lipinski definition) is 3. The number of H-pyrrole nitrogens is 1. The van der Waals surface area contributed by atoms with Crippen molar-refractivity contribution in [2.24, 2.45) is 0 Å². The molecule has 0 spiro atoms. The number of carboxylic acid groups (broad SMARTS) is 1. The summed E-state index contributed by atoms with van der Waals surface area (Å²) in [7, 11) is 0. The molecule has 0 saturated carbocycles. The number of amides is 1. The second-order valence-electron chi connectivity index (χ2n) is 3.14. The molecular formula is C10H10N4O2. The molecule has 16 heavy (non-hydrogen) atoms. The average molecular weight is 218 g/mol. The van der Waals surface area contributed by atoms with Gasteiger partial charge in [0.1, 0.15) is 5.82 Å². The van der Waals surface area contributed by atoms with Crippen molar-refractivity contribution >= 4 is 6.09 Å². The summed E-state index contributed by atoms with van der Waals surface area (Å²) in [6.45, 7) is 0.162. The van der Waals surface area contributed by atoms with E-state index in [-0.39, 0.29) is 6.54 Å². The van der Waals surface area contributed by atoms with Crippen LogP contribution in [-0.2, 0) is 6.54 Å². The number of hydrogen-bond acceptors (Lipinski definition) is 3. The summed E-state index contributed by atoms with van der Waals surface area (Å²) in [6.07, 6.45) is 3.98. The lowest BCUT2D eigenvalue weighted by Gasteiger charge is -1.97. The van der Waals surface area contributed by atoms with Crippen molar-refractivity contribution in [3.63, 3.8) is 0 Å². The van der Waals surface area contributed by atoms with E-state index in [4.69, 9.17) is 5.11 Å². The molecule has 0 radical (unpaired) electrons. The van der Waals surface area contributed by atoms with Gasteiger partial charge in [-0.15, -0.1) is 0 Å². The van der Waals surface area contributed by atoms with Crippen LogP contribution in [0, 0.1) is 0 Å². The first-order valence-electron chi connectivity index (χ1n) is 4.67. The summed E-state index contributed by atoms with van der Waals surface area (Å²) in [6, 6.07) is 3.72. The Labute approximate surface area is 91.4 Å². The lowest BCUT2D eigenvalue weighted by Crippen LogP contribution is -2.20. The third-order valence-electron chi connectivity index (χ3n) is 2.01. The quantitative estimate of drug-likeness (QED) is 0.722. The average Bonchev–Trinajstić information content (AvgIpc) is 2.76. The normalized spacial score (nSPS) is 10.0. The zero-order valence-corrected chi connectivity index (χ0v) is 8.34. The summed E-state index contributed by atoms with van der Waals surface area (Å²) < 4.78 is 0. The molecule has 2 aromatic heterocycles. The van der Waals surface area contributed by atoms with E-state index in [1.165, 1.54) is 0 Å². The van der Waals surface area contributed by atoms with E-state index >= 15 is 0 Å². The van der Waals surface area contributed by atoms with E-state index in [1.54, 1.807) is 18.6 Å². The molecule has 2 rings (SSSR count). The Kier molecular flexibility index (Phi) is 2.81. The number of rotatable bonds is 3. The van der Waals surface area contributed by atoms with E-state index in [0.29, 0.717) is 5.82 Å². The van der Waals surface area contributed by atoms with Gasteiger partial charge in [0, 0.05) is 18.0 Å². The first-order valence-corrected chi connectivity index (χ1v) is 4.67. The summed E-state index contributed by atoms with van der Waals surface area (Å²) in [5, 5.41) is 10.7. The molecule has 1 amide bonds. The van der Waals surface area contributed by atoms with Gasteiger partial charge < -0.3 is 15.4 Å². The Hall–Kier alpha value is -2.37. The zero-order valence-electron chi connectivity index (χ0n) is 8.34. The minimum atomic E-state index is -1.07. The molecule has 0 fully saturated rings. The highest BCUT2D eigenvalue weighted by atomic mass is 16.4. The fourth-order valence-corrected chi connectivity index (χ4v) is 1.28. The van der Waals surface area contributed by atoms with E-state index in [0.717, 1.165) is 11.3 Å². The van der Waals surface area contributed by atoms with Crippen LogP contribution in [0.15, 0.2) is 30.7 Å². The first-order chi connectivity index (χ1) is 7.75. The highest BCUT2D eigenvalue weighted by Crippen LogP contribution is 2.14. The van der Waals surface area contributed by atoms with Gasteiger partial charge in [-0.25, -0.2) is 9.78 Å². The molecule has 0 aliphatic rings. The molecule has 3 N–H and O–H groups in total. The van der Waals surface area contributed by atoms with Crippen LogP contribution in [0.5, 0.6) is 0 Å². The van der Waals surface area contributed by atoms with Crippen LogP contribution >= 0.6 is 0 Å². The lowest BCUT2D eigenvalue weighted by atomic mass is 10.2. The topological polar surface area (TPSA) is 90.9 Å². The molecule has 0 atom stereocenters. The van der Waals surface area contributed by atoms with E-state index in [1.807, 2.05) is 12.1 Å². The molecule has 0 aromatic carbocycles. The maximum atomic E-state index is 10.3. The SMILES string of the molecule is O=C(O)NCc1ncc(-c2cccnc2)[nH]1. The highest BCUT2D eigenvalue weighted by molar-refractivity contribution is 5.64. The molecule has 0 unspecified atom stereocenters. The lowest BCUT2D eigenvalue weighted by molar-refractivity contribution is 0.193. The van der Waals surface area contributed by atoms with Gasteiger partial charge in [-0.3, -0.25) is 4.98 Å². The van der Waals surface area contributed by atoms with Gasteiger partial charge in [0.05, 0.1) is 18.4 Å². The predicted molar refractivity (Wildman–Crippen MR) is 56.7 cm³/mol. The fraction of sp³-hybridized carbons (Fsp3) is 0.100. The summed E-state index contributed by atoms with van der Waals surface area (Å²) in [5.41, 5.74) is 1.73. The number of pyridine rings is 1. The second-order valence-corrected chi connectivity index (χ2v) is 3.14. The van der Waals surface area contributed by atoms with Crippen LogP contribution in [0.3, 0.4) is 0 Å². The smallest absolute Gasteiger partial charge is 0.405 e. The predicted octanol–water partition coefficient (Wildman–Crippen LogP) is 1.24. The molecule has 0 saturated heterocycles. The molecule has 0 aliphatic heterocycles. The fourth-order valence-electron chi connectivity index (χ4n) is 1.28. The molecular weight excluding hydrogens is 208 g/mol. The Balaban J connectivity index is 2.11. The largest absolute Gasteiger partial charge is 0.465 e. The minimum absolute atomic E-state index is 0.162. The van der Waals surface area contributed by atoms with E-state index in [2.05, 4.69) is 20.3 Å². The van der Waals surface area contributed by atoms with Crippen molar-refractivity contribution in [1.29, 1.82) is 0 Å². The van der Waals surface area contributed by atoms with Crippen LogP contribution in [0.2, 0.25) is 0 Å². The van der Waals surface area contributed by atoms with Crippen molar-refractivity contribution in [3.05, 3.63) is 36.5 Å². The van der Waals surface area contributed by atoms with Crippen molar-refractivity contribution in [2.75, 3.05) is 0 Å². The minimum Gasteiger partial charge on any atom is -0.465 e. The second kappa shape index (κ2) is 4.43. The Morgan fingerprint density at radius 2 is 2.38 bits per heavy atom. The highest BCUT2D eigenvalue weighted by Gasteiger charge is 2.03. The maximum absolute atomic E-state index is 10.3. The number of nitrogens with one attached hydrogen (secondary N) is 2. The van der Waals surface area contributed by atoms with Crippen molar-refractivity contribution in [3.8, 4) is 11.3 Å². The standard InChI is InChI=1S/C10H10N4O2/c15-10(16)13-6-9-12-5-8(14-9)7-2-1-3-11-4-7/h1-5,13H,6H2,(H,12,14)(H,15,16). The monoisotopic (exact) mass is 218 g/mol. The molecule has 2 heterocycles. The van der Waals surface area contributed by atoms with Crippen molar-refractivity contribution in [1.82, 2.24) is 20.3 Å². The number of carbonyl (C=O) groups is 1. The van der Waals surface area contributed by atoms with E-state index in [9.17, 15) is 4.79 Å². The number of nitrogens with zero attached hydrogens (tertiary/aromatic N) is 2. The van der Waals surface area contributed by atoms with Crippen LogP contribution in [0.25, 0.3) is 11.3 Å². The Morgan fingerprint density at radius 1 is 1.50 bits per heavy atom. The van der Waals surface area contributed by atoms with Crippen LogP contribution in [0.4, 0.5) is 4.79 Å². The van der Waals surface area contributed by atoms with Crippen LogP contribution in [-0.4, -0.2) is 26.2 Å². The zero-order chi connectivity index (χ0) is 11.4. The number of aromatic nitrogens is 3. The van der Waals surface area contributed by atoms with Gasteiger partial charge in [0.15, 0.2) is 0 Å².